The number of rotatable bonds is 10. The number of anilines is 3. The molecule has 3 rings (SSSR count). The molecule has 0 aliphatic carbocycles. The van der Waals surface area contributed by atoms with Crippen molar-refractivity contribution < 1.29 is 30.9 Å². The van der Waals surface area contributed by atoms with Crippen LogP contribution in [0.3, 0.4) is 0 Å². The quantitative estimate of drug-likeness (QED) is 0.136. The average Bonchev–Trinajstić information content (AvgIpc) is 2.86. The molecular formula is C21H20N6O10S2. The van der Waals surface area contributed by atoms with Crippen molar-refractivity contribution in [3.63, 3.8) is 0 Å². The molecule has 0 aliphatic heterocycles. The van der Waals surface area contributed by atoms with E-state index in [9.17, 15) is 41.1 Å². The van der Waals surface area contributed by atoms with Crippen molar-refractivity contribution in [2.24, 2.45) is 10.2 Å². The summed E-state index contributed by atoms with van der Waals surface area (Å²) in [5, 5.41) is 17.6. The summed E-state index contributed by atoms with van der Waals surface area (Å²) in [5.74, 6) is -0.454. The van der Waals surface area contributed by atoms with Gasteiger partial charge in [0.15, 0.2) is 5.36 Å². The molecule has 0 spiro atoms. The predicted octanol–water partition coefficient (Wildman–Crippen LogP) is -0.383. The van der Waals surface area contributed by atoms with Crippen LogP contribution < -0.4 is 37.3 Å². The van der Waals surface area contributed by atoms with E-state index in [-0.39, 0.29) is 11.9 Å². The fraction of sp³-hybridized carbons (Fsp3) is 0.143. The number of nitro benzene ring substituents is 1. The number of hydrogen-bond acceptors (Lipinski definition) is 13. The minimum Gasteiger partial charge on any atom is -0.373 e. The van der Waals surface area contributed by atoms with Crippen molar-refractivity contribution in [2.75, 3.05) is 35.1 Å². The second kappa shape index (κ2) is 11.5. The number of nitro groups is 1. The van der Waals surface area contributed by atoms with Crippen molar-refractivity contribution in [3.05, 3.63) is 95.9 Å². The summed E-state index contributed by atoms with van der Waals surface area (Å²) in [6, 6.07) is 11.0. The van der Waals surface area contributed by atoms with Crippen LogP contribution in [0.5, 0.6) is 0 Å². The predicted molar refractivity (Wildman–Crippen MR) is 139 cm³/mol. The van der Waals surface area contributed by atoms with Gasteiger partial charge >= 0.3 is 0 Å². The number of benzene rings is 3. The van der Waals surface area contributed by atoms with Gasteiger partial charge in [-0.25, -0.2) is 0 Å². The summed E-state index contributed by atoms with van der Waals surface area (Å²) >= 11 is 0. The van der Waals surface area contributed by atoms with Gasteiger partial charge in [0, 0.05) is 31.4 Å². The molecular weight excluding hydrogens is 560 g/mol. The molecule has 3 aromatic carbocycles. The van der Waals surface area contributed by atoms with Crippen LogP contribution in [-0.2, 0) is 20.2 Å². The molecule has 0 aromatic heterocycles. The van der Waals surface area contributed by atoms with Crippen LogP contribution in [0, 0.1) is 10.1 Å². The molecule has 0 heterocycles. The van der Waals surface area contributed by atoms with Crippen LogP contribution in [0.2, 0.25) is 0 Å². The molecule has 0 fully saturated rings. The van der Waals surface area contributed by atoms with E-state index >= 15 is 0 Å². The van der Waals surface area contributed by atoms with Gasteiger partial charge < -0.3 is 4.90 Å². The molecule has 3 aromatic rings. The molecule has 0 amide bonds. The molecule has 4 N–H and O–H groups in total. The maximum atomic E-state index is 12.8. The Balaban J connectivity index is 1.87. The SMILES string of the molecule is CN(CCS(=O)(=O)O)c1ccc(NN=c2ccc(=O)c(=NNc3ccc([N+](=O)[O-])cc3S(=O)(=O)O)c2=O)cc1. The van der Waals surface area contributed by atoms with E-state index in [1.807, 2.05) is 0 Å². The second-order valence-electron chi connectivity index (χ2n) is 7.87. The Morgan fingerprint density at radius 2 is 1.62 bits per heavy atom. The standard InChI is InChI=1S/C21H20N6O10S2/c1-26(10-11-38(32,33)34)14-4-2-13(3-5-14)22-24-17-8-9-18(28)20(21(17)29)25-23-16-7-6-15(27(30)31)12-19(16)39(35,36)37/h2-9,12,22-23H,10-11H2,1H3,(H,32,33,34)(H,35,36,37). The van der Waals surface area contributed by atoms with Gasteiger partial charge in [0.05, 0.1) is 22.1 Å². The van der Waals surface area contributed by atoms with Crippen molar-refractivity contribution in [1.29, 1.82) is 0 Å². The van der Waals surface area contributed by atoms with Crippen LogP contribution in [0.15, 0.2) is 79.3 Å². The Hall–Kier alpha value is -4.52. The Morgan fingerprint density at radius 3 is 2.21 bits per heavy atom. The first kappa shape index (κ1) is 29.0. The molecule has 39 heavy (non-hydrogen) atoms. The average molecular weight is 581 g/mol. The van der Waals surface area contributed by atoms with E-state index in [1.165, 1.54) is 0 Å². The zero-order chi connectivity index (χ0) is 29.0. The van der Waals surface area contributed by atoms with E-state index in [2.05, 4.69) is 21.1 Å². The van der Waals surface area contributed by atoms with Crippen LogP contribution >= 0.6 is 0 Å². The molecule has 0 unspecified atom stereocenters. The highest BCUT2D eigenvalue weighted by atomic mass is 32.2. The maximum Gasteiger partial charge on any atom is 0.296 e. The van der Waals surface area contributed by atoms with E-state index in [0.29, 0.717) is 17.4 Å². The minimum absolute atomic E-state index is 0.0446. The second-order valence-corrected chi connectivity index (χ2v) is 10.8. The molecule has 0 atom stereocenters. The summed E-state index contributed by atoms with van der Waals surface area (Å²) in [4.78, 5) is 35.7. The van der Waals surface area contributed by atoms with Gasteiger partial charge in [0.25, 0.3) is 25.9 Å². The molecule has 0 bridgehead atoms. The highest BCUT2D eigenvalue weighted by Gasteiger charge is 2.20. The number of nitrogens with one attached hydrogen (secondary N) is 2. The van der Waals surface area contributed by atoms with Gasteiger partial charge in [0.2, 0.25) is 10.9 Å². The largest absolute Gasteiger partial charge is 0.373 e. The highest BCUT2D eigenvalue weighted by molar-refractivity contribution is 7.86. The van der Waals surface area contributed by atoms with Gasteiger partial charge in [-0.2, -0.15) is 27.0 Å². The molecule has 0 saturated carbocycles. The normalized spacial score (nSPS) is 12.8. The summed E-state index contributed by atoms with van der Waals surface area (Å²) in [6.07, 6.45) is 0. The summed E-state index contributed by atoms with van der Waals surface area (Å²) in [5.41, 5.74) is 3.02. The lowest BCUT2D eigenvalue weighted by Gasteiger charge is -2.18. The Morgan fingerprint density at radius 1 is 0.949 bits per heavy atom. The first-order chi connectivity index (χ1) is 18.2. The van der Waals surface area contributed by atoms with Crippen molar-refractivity contribution in [3.8, 4) is 0 Å². The molecule has 206 valence electrons. The fourth-order valence-corrected chi connectivity index (χ4v) is 4.25. The van der Waals surface area contributed by atoms with E-state index in [0.717, 1.165) is 24.3 Å². The molecule has 0 radical (unpaired) electrons. The van der Waals surface area contributed by atoms with E-state index < -0.39 is 63.4 Å². The van der Waals surface area contributed by atoms with Gasteiger partial charge in [-0.15, -0.1) is 0 Å². The third-order valence-corrected chi connectivity index (χ3v) is 6.71. The number of non-ortho nitro benzene ring substituents is 1. The molecule has 18 heteroatoms. The number of hydrogen-bond donors (Lipinski definition) is 4. The Bertz CT molecular complexity index is 1850. The zero-order valence-corrected chi connectivity index (χ0v) is 21.5. The Labute approximate surface area is 219 Å². The summed E-state index contributed by atoms with van der Waals surface area (Å²) in [7, 11) is -7.42. The zero-order valence-electron chi connectivity index (χ0n) is 19.9. The lowest BCUT2D eigenvalue weighted by Crippen LogP contribution is -2.48. The van der Waals surface area contributed by atoms with E-state index in [4.69, 9.17) is 4.55 Å². The van der Waals surface area contributed by atoms with Gasteiger partial charge in [-0.1, -0.05) is 0 Å². The van der Waals surface area contributed by atoms with Gasteiger partial charge in [-0.3, -0.25) is 39.7 Å². The smallest absolute Gasteiger partial charge is 0.296 e. The van der Waals surface area contributed by atoms with Crippen LogP contribution in [-0.4, -0.2) is 50.2 Å². The fourth-order valence-electron chi connectivity index (χ4n) is 3.08. The molecule has 0 aliphatic rings. The Kier molecular flexibility index (Phi) is 8.54. The third-order valence-electron chi connectivity index (χ3n) is 5.11. The number of nitrogens with zero attached hydrogens (tertiary/aromatic N) is 4. The maximum absolute atomic E-state index is 12.8. The van der Waals surface area contributed by atoms with Crippen molar-refractivity contribution >= 4 is 43.0 Å². The molecule has 0 saturated heterocycles. The third kappa shape index (κ3) is 7.74. The van der Waals surface area contributed by atoms with Crippen molar-refractivity contribution in [1.82, 2.24) is 0 Å². The molecule has 16 nitrogen and oxygen atoms in total. The minimum atomic E-state index is -4.93. The van der Waals surface area contributed by atoms with Crippen LogP contribution in [0.1, 0.15) is 0 Å². The first-order valence-electron chi connectivity index (χ1n) is 10.6. The monoisotopic (exact) mass is 580 g/mol. The highest BCUT2D eigenvalue weighted by Crippen LogP contribution is 2.26. The van der Waals surface area contributed by atoms with Crippen LogP contribution in [0.4, 0.5) is 22.7 Å². The van der Waals surface area contributed by atoms with E-state index in [1.54, 1.807) is 36.2 Å². The van der Waals surface area contributed by atoms with Crippen molar-refractivity contribution in [2.45, 2.75) is 4.90 Å². The topological polar surface area (TPSA) is 238 Å². The lowest BCUT2D eigenvalue weighted by atomic mass is 10.2. The van der Waals surface area contributed by atoms with Gasteiger partial charge in [0.1, 0.15) is 10.3 Å². The lowest BCUT2D eigenvalue weighted by molar-refractivity contribution is -0.385. The first-order valence-corrected chi connectivity index (χ1v) is 13.7. The van der Waals surface area contributed by atoms with Gasteiger partial charge in [-0.05, 0) is 42.5 Å². The summed E-state index contributed by atoms with van der Waals surface area (Å²) in [6.45, 7) is 0.0446. The summed E-state index contributed by atoms with van der Waals surface area (Å²) < 4.78 is 63.4. The van der Waals surface area contributed by atoms with Crippen LogP contribution in [0.25, 0.3) is 0 Å².